The van der Waals surface area contributed by atoms with Crippen LogP contribution < -0.4 is 0 Å². The van der Waals surface area contributed by atoms with Crippen LogP contribution in [0.3, 0.4) is 0 Å². The first-order valence-electron chi connectivity index (χ1n) is 13.8. The molecule has 9 nitrogen and oxygen atoms in total. The van der Waals surface area contributed by atoms with Crippen molar-refractivity contribution in [2.45, 2.75) is 60.6 Å². The molecule has 5 rings (SSSR count). The minimum absolute atomic E-state index is 0.0884. The molecule has 1 atom stereocenters. The maximum Gasteiger partial charge on any atom is 0.206 e. The molecule has 0 aliphatic carbocycles. The molecule has 11 heteroatoms. The number of hydrogen-bond donors (Lipinski definition) is 2. The molecule has 0 aromatic heterocycles. The molecule has 0 amide bonds. The van der Waals surface area contributed by atoms with Gasteiger partial charge in [0, 0.05) is 48.0 Å². The zero-order valence-electron chi connectivity index (χ0n) is 22.3. The summed E-state index contributed by atoms with van der Waals surface area (Å²) in [6.07, 6.45) is 4.83. The van der Waals surface area contributed by atoms with Crippen LogP contribution in [0, 0.1) is 5.92 Å². The number of hydrogen-bond acceptors (Lipinski definition) is 9. The lowest BCUT2D eigenvalue weighted by Gasteiger charge is -2.45. The molecular formula is C28H38N2O7S2. The van der Waals surface area contributed by atoms with E-state index in [0.717, 1.165) is 81.7 Å². The first kappa shape index (κ1) is 28.7. The molecule has 39 heavy (non-hydrogen) atoms. The van der Waals surface area contributed by atoms with E-state index >= 15 is 0 Å². The number of piperidine rings is 2. The predicted octanol–water partition coefficient (Wildman–Crippen LogP) is 3.38. The van der Waals surface area contributed by atoms with E-state index in [1.807, 2.05) is 0 Å². The minimum Gasteiger partial charge on any atom is -0.598 e. The lowest BCUT2D eigenvalue weighted by atomic mass is 9.83. The monoisotopic (exact) mass is 578 g/mol. The number of phenolic OH excluding ortho intramolecular Hbond substituents is 2. The van der Waals surface area contributed by atoms with Gasteiger partial charge in [0.15, 0.2) is 17.3 Å². The van der Waals surface area contributed by atoms with Crippen molar-refractivity contribution in [2.24, 2.45) is 5.92 Å². The zero-order chi connectivity index (χ0) is 27.6. The van der Waals surface area contributed by atoms with Crippen LogP contribution in [0.4, 0.5) is 0 Å². The molecule has 0 spiro atoms. The van der Waals surface area contributed by atoms with E-state index < -0.39 is 32.7 Å². The predicted molar refractivity (Wildman–Crippen MR) is 147 cm³/mol. The third-order valence-electron chi connectivity index (χ3n) is 8.21. The van der Waals surface area contributed by atoms with Crippen LogP contribution in [-0.4, -0.2) is 83.6 Å². The van der Waals surface area contributed by atoms with Gasteiger partial charge in [-0.3, -0.25) is 0 Å². The van der Waals surface area contributed by atoms with Crippen molar-refractivity contribution in [3.63, 3.8) is 0 Å². The largest absolute Gasteiger partial charge is 0.598 e. The fourth-order valence-corrected chi connectivity index (χ4v) is 8.60. The summed E-state index contributed by atoms with van der Waals surface area (Å²) in [4.78, 5) is 2.55. The van der Waals surface area contributed by atoms with Gasteiger partial charge in [-0.2, -0.15) is 0 Å². The Kier molecular flexibility index (Phi) is 8.77. The molecule has 2 aromatic rings. The van der Waals surface area contributed by atoms with Gasteiger partial charge in [0.25, 0.3) is 0 Å². The third kappa shape index (κ3) is 5.81. The number of ether oxygens (including phenoxy) is 2. The van der Waals surface area contributed by atoms with Crippen LogP contribution in [0.25, 0.3) is 0 Å². The summed E-state index contributed by atoms with van der Waals surface area (Å²) in [5.74, 6) is -0.869. The van der Waals surface area contributed by atoms with Crippen molar-refractivity contribution in [3.05, 3.63) is 48.0 Å². The molecule has 2 aromatic carbocycles. The first-order valence-corrected chi connectivity index (χ1v) is 16.5. The van der Waals surface area contributed by atoms with Gasteiger partial charge in [-0.25, -0.2) is 8.42 Å². The number of sulfone groups is 1. The standard InChI is InChI=1S/C28H38N2O7S2/c1-2-19-38(33)30-15-11-23(12-16-30)29-13-9-22(10-14-29)28(36-17-18-37-28)21-3-5-24(6-4-21)39(34,35)25-7-8-26(31)27(32)20-25/h3-8,20,22-23,31-32H,2,9-19H2,1H3. The van der Waals surface area contributed by atoms with Crippen LogP contribution >= 0.6 is 0 Å². The summed E-state index contributed by atoms with van der Waals surface area (Å²) in [6.45, 7) is 6.69. The van der Waals surface area contributed by atoms with Crippen LogP contribution in [0.5, 0.6) is 11.5 Å². The Bertz CT molecular complexity index is 1220. The van der Waals surface area contributed by atoms with Gasteiger partial charge in [0.2, 0.25) is 9.84 Å². The molecule has 3 aliphatic heterocycles. The lowest BCUT2D eigenvalue weighted by molar-refractivity contribution is -0.215. The van der Waals surface area contributed by atoms with Crippen molar-refractivity contribution >= 4 is 21.2 Å². The summed E-state index contributed by atoms with van der Waals surface area (Å²) >= 11 is -0.858. The Balaban J connectivity index is 1.25. The number of likely N-dealkylation sites (tertiary alicyclic amines) is 1. The van der Waals surface area contributed by atoms with E-state index in [1.54, 1.807) is 24.3 Å². The van der Waals surface area contributed by atoms with Crippen LogP contribution in [0.1, 0.15) is 44.6 Å². The van der Waals surface area contributed by atoms with Crippen molar-refractivity contribution in [1.29, 1.82) is 0 Å². The van der Waals surface area contributed by atoms with Gasteiger partial charge in [-0.1, -0.05) is 19.1 Å². The molecule has 3 heterocycles. The van der Waals surface area contributed by atoms with E-state index in [0.29, 0.717) is 19.3 Å². The van der Waals surface area contributed by atoms with Gasteiger partial charge in [-0.05, 0) is 69.5 Å². The number of rotatable bonds is 8. The zero-order valence-corrected chi connectivity index (χ0v) is 24.0. The highest BCUT2D eigenvalue weighted by Gasteiger charge is 2.47. The van der Waals surface area contributed by atoms with E-state index in [2.05, 4.69) is 16.1 Å². The molecule has 0 bridgehead atoms. The lowest BCUT2D eigenvalue weighted by Crippen LogP contribution is -2.51. The summed E-state index contributed by atoms with van der Waals surface area (Å²) in [6, 6.07) is 10.6. The number of nitrogens with zero attached hydrogens (tertiary/aromatic N) is 2. The highest BCUT2D eigenvalue weighted by Crippen LogP contribution is 2.44. The minimum atomic E-state index is -3.88. The fourth-order valence-electron chi connectivity index (χ4n) is 6.10. The van der Waals surface area contributed by atoms with Gasteiger partial charge in [0.05, 0.1) is 23.0 Å². The Labute approximate surface area is 234 Å². The molecule has 214 valence electrons. The Morgan fingerprint density at radius 3 is 2.13 bits per heavy atom. The van der Waals surface area contributed by atoms with E-state index in [1.165, 1.54) is 6.07 Å². The molecule has 3 saturated heterocycles. The van der Waals surface area contributed by atoms with Crippen molar-refractivity contribution < 1.29 is 32.7 Å². The Hall–Kier alpha value is -1.86. The quantitative estimate of drug-likeness (QED) is 0.359. The average molecular weight is 579 g/mol. The average Bonchev–Trinajstić information content (AvgIpc) is 3.46. The molecule has 3 aliphatic rings. The second-order valence-electron chi connectivity index (χ2n) is 10.5. The number of aromatic hydroxyl groups is 2. The van der Waals surface area contributed by atoms with Crippen LogP contribution in [-0.2, 0) is 36.5 Å². The van der Waals surface area contributed by atoms with E-state index in [9.17, 15) is 23.2 Å². The molecule has 2 N–H and O–H groups in total. The summed E-state index contributed by atoms with van der Waals surface area (Å²) in [7, 11) is -3.88. The number of benzene rings is 2. The van der Waals surface area contributed by atoms with E-state index in [-0.39, 0.29) is 21.5 Å². The second kappa shape index (κ2) is 11.9. The second-order valence-corrected chi connectivity index (χ2v) is 14.1. The van der Waals surface area contributed by atoms with Gasteiger partial charge < -0.3 is 29.1 Å². The Morgan fingerprint density at radius 2 is 1.54 bits per heavy atom. The molecular weight excluding hydrogens is 540 g/mol. The van der Waals surface area contributed by atoms with Crippen molar-refractivity contribution in [2.75, 3.05) is 45.1 Å². The van der Waals surface area contributed by atoms with Crippen LogP contribution in [0.15, 0.2) is 52.3 Å². The first-order chi connectivity index (χ1) is 18.7. The van der Waals surface area contributed by atoms with Gasteiger partial charge in [-0.15, -0.1) is 4.31 Å². The van der Waals surface area contributed by atoms with E-state index in [4.69, 9.17) is 9.47 Å². The fraction of sp³-hybridized carbons (Fsp3) is 0.571. The summed E-state index contributed by atoms with van der Waals surface area (Å²) in [5.41, 5.74) is 0.803. The Morgan fingerprint density at radius 1 is 0.923 bits per heavy atom. The highest BCUT2D eigenvalue weighted by molar-refractivity contribution is 7.91. The van der Waals surface area contributed by atoms with Crippen LogP contribution in [0.2, 0.25) is 0 Å². The summed E-state index contributed by atoms with van der Waals surface area (Å²) < 4.78 is 53.2. The normalized spacial score (nSPS) is 22.7. The smallest absolute Gasteiger partial charge is 0.206 e. The molecule has 3 fully saturated rings. The highest BCUT2D eigenvalue weighted by atomic mass is 32.2. The third-order valence-corrected chi connectivity index (χ3v) is 11.7. The van der Waals surface area contributed by atoms with Crippen molar-refractivity contribution in [3.8, 4) is 11.5 Å². The topological polar surface area (TPSA) is 123 Å². The maximum atomic E-state index is 13.1. The molecule has 0 radical (unpaired) electrons. The SMILES string of the molecule is CCC[S+]([O-])N1CCC(N2CCC(C3(c4ccc(S(=O)(=O)c5ccc(O)c(O)c5)cc4)OCCO3)CC2)CC1. The molecule has 0 saturated carbocycles. The van der Waals surface area contributed by atoms with Crippen molar-refractivity contribution in [1.82, 2.24) is 9.21 Å². The number of phenols is 2. The van der Waals surface area contributed by atoms with Gasteiger partial charge >= 0.3 is 0 Å². The van der Waals surface area contributed by atoms with Gasteiger partial charge in [0.1, 0.15) is 5.75 Å². The summed E-state index contributed by atoms with van der Waals surface area (Å²) in [5, 5.41) is 19.3. The molecule has 1 unspecified atom stereocenters. The maximum absolute atomic E-state index is 13.1.